The van der Waals surface area contributed by atoms with Crippen LogP contribution in [0.25, 0.3) is 0 Å². The highest BCUT2D eigenvalue weighted by atomic mass is 32.2. The molecule has 0 heterocycles. The summed E-state index contributed by atoms with van der Waals surface area (Å²) >= 11 is 5.99. The van der Waals surface area contributed by atoms with Gasteiger partial charge in [0, 0.05) is 7.05 Å². The van der Waals surface area contributed by atoms with E-state index in [-0.39, 0.29) is 0 Å². The van der Waals surface area contributed by atoms with E-state index in [1.165, 1.54) is 18.8 Å². The number of thioether (sulfide) groups is 1. The maximum absolute atomic E-state index is 10.2. The maximum Gasteiger partial charge on any atom is 0.371 e. The molecule has 62 valence electrons. The molecule has 0 spiro atoms. The highest BCUT2D eigenvalue weighted by Crippen LogP contribution is 2.02. The quantitative estimate of drug-likeness (QED) is 0.335. The van der Waals surface area contributed by atoms with Gasteiger partial charge in [0.15, 0.2) is 0 Å². The summed E-state index contributed by atoms with van der Waals surface area (Å²) in [6.45, 7) is 0. The maximum atomic E-state index is 10.2. The van der Waals surface area contributed by atoms with Crippen molar-refractivity contribution in [3.63, 3.8) is 0 Å². The molecule has 0 rings (SSSR count). The summed E-state index contributed by atoms with van der Waals surface area (Å²) in [7, 11) is 1.45. The van der Waals surface area contributed by atoms with Crippen LogP contribution in [0.5, 0.6) is 0 Å². The topological polar surface area (TPSA) is 64.4 Å². The number of carboxylic acid groups (broad SMARTS) is 1. The molecule has 2 N–H and O–H groups in total. The minimum Gasteiger partial charge on any atom is -0.475 e. The lowest BCUT2D eigenvalue weighted by Crippen LogP contribution is -2.34. The zero-order valence-electron chi connectivity index (χ0n) is 6.12. The van der Waals surface area contributed by atoms with Gasteiger partial charge in [0.1, 0.15) is 4.32 Å². The van der Waals surface area contributed by atoms with E-state index in [9.17, 15) is 4.79 Å². The number of hydrogen-bond donors (Lipinski definition) is 2. The molecule has 0 saturated carbocycles. The molecular weight excluding hydrogens is 184 g/mol. The zero-order chi connectivity index (χ0) is 9.02. The molecule has 0 aliphatic heterocycles. The highest BCUT2D eigenvalue weighted by molar-refractivity contribution is 8.22. The van der Waals surface area contributed by atoms with Crippen molar-refractivity contribution in [2.24, 2.45) is 0 Å². The van der Waals surface area contributed by atoms with Gasteiger partial charge in [-0.2, -0.15) is 0 Å². The Bertz CT molecular complexity index is 205. The Hall–Kier alpha value is -0.620. The van der Waals surface area contributed by atoms with E-state index < -0.39 is 11.8 Å². The summed E-state index contributed by atoms with van der Waals surface area (Å²) < 4.78 is 0.373. The molecule has 0 fully saturated rings. The minimum absolute atomic E-state index is 0.373. The summed E-state index contributed by atoms with van der Waals surface area (Å²) in [6.07, 6.45) is 1.73. The summed E-state index contributed by atoms with van der Waals surface area (Å²) in [6, 6.07) is 0. The first-order chi connectivity index (χ1) is 5.00. The van der Waals surface area contributed by atoms with Crippen molar-refractivity contribution in [1.29, 1.82) is 5.41 Å². The molecule has 0 radical (unpaired) electrons. The number of nitrogens with one attached hydrogen (secondary N) is 1. The molecule has 11 heavy (non-hydrogen) atoms. The van der Waals surface area contributed by atoms with Crippen molar-refractivity contribution in [2.75, 3.05) is 13.3 Å². The summed E-state index contributed by atoms with van der Waals surface area (Å²) in [5, 5.41) is 15.4. The third kappa shape index (κ3) is 2.85. The summed E-state index contributed by atoms with van der Waals surface area (Å²) in [5.41, 5.74) is 0. The number of aliphatic carboxylic acids is 1. The SMILES string of the molecule is CSC(=S)N(C)C(=N)C(=O)O. The third-order valence-corrected chi connectivity index (χ3v) is 2.38. The van der Waals surface area contributed by atoms with Crippen LogP contribution < -0.4 is 0 Å². The standard InChI is InChI=1S/C5H8N2O2S2/c1-7(5(10)11-2)3(6)4(8)9/h6H,1-2H3,(H,8,9). The second kappa shape index (κ2) is 4.30. The van der Waals surface area contributed by atoms with Gasteiger partial charge in [-0.25, -0.2) is 4.79 Å². The number of carbonyl (C=O) groups is 1. The summed E-state index contributed by atoms with van der Waals surface area (Å²) in [5.74, 6) is -1.78. The molecule has 0 aliphatic rings. The Morgan fingerprint density at radius 2 is 2.18 bits per heavy atom. The predicted molar refractivity (Wildman–Crippen MR) is 49.2 cm³/mol. The van der Waals surface area contributed by atoms with Crippen LogP contribution in [0.3, 0.4) is 0 Å². The summed E-state index contributed by atoms with van der Waals surface area (Å²) in [4.78, 5) is 11.4. The van der Waals surface area contributed by atoms with Crippen molar-refractivity contribution >= 4 is 40.1 Å². The molecule has 0 bridgehead atoms. The minimum atomic E-state index is -1.27. The second-order valence-corrected chi connectivity index (χ2v) is 3.12. The van der Waals surface area contributed by atoms with E-state index in [0.717, 1.165) is 4.90 Å². The number of likely N-dealkylation sites (N-methyl/N-ethyl adjacent to an activating group) is 1. The molecule has 0 aromatic carbocycles. The Morgan fingerprint density at radius 1 is 1.73 bits per heavy atom. The van der Waals surface area contributed by atoms with Crippen molar-refractivity contribution in [3.05, 3.63) is 0 Å². The van der Waals surface area contributed by atoms with Crippen molar-refractivity contribution in [2.45, 2.75) is 0 Å². The zero-order valence-corrected chi connectivity index (χ0v) is 7.75. The van der Waals surface area contributed by atoms with Gasteiger partial charge in [0.05, 0.1) is 0 Å². The van der Waals surface area contributed by atoms with Crippen LogP contribution in [0.4, 0.5) is 0 Å². The van der Waals surface area contributed by atoms with Gasteiger partial charge in [-0.1, -0.05) is 24.0 Å². The lowest BCUT2D eigenvalue weighted by Gasteiger charge is -2.15. The molecule has 0 saturated heterocycles. The Balaban J connectivity index is 4.25. The van der Waals surface area contributed by atoms with Gasteiger partial charge < -0.3 is 10.0 Å². The molecule has 0 aromatic rings. The van der Waals surface area contributed by atoms with Crippen LogP contribution in [0.1, 0.15) is 0 Å². The van der Waals surface area contributed by atoms with Gasteiger partial charge in [-0.3, -0.25) is 5.41 Å². The van der Waals surface area contributed by atoms with Gasteiger partial charge in [0.25, 0.3) is 0 Å². The molecule has 0 amide bonds. The molecule has 0 unspecified atom stereocenters. The number of rotatable bonds is 0. The van der Waals surface area contributed by atoms with Crippen LogP contribution in [-0.2, 0) is 4.79 Å². The molecule has 0 atom stereocenters. The molecule has 0 aromatic heterocycles. The number of carboxylic acids is 1. The van der Waals surface area contributed by atoms with Crippen LogP contribution in [0, 0.1) is 5.41 Å². The van der Waals surface area contributed by atoms with Crippen LogP contribution in [0.2, 0.25) is 0 Å². The van der Waals surface area contributed by atoms with E-state index in [4.69, 9.17) is 22.7 Å². The molecule has 0 aliphatic carbocycles. The Morgan fingerprint density at radius 3 is 2.45 bits per heavy atom. The van der Waals surface area contributed by atoms with E-state index >= 15 is 0 Å². The number of amidine groups is 1. The first-order valence-electron chi connectivity index (χ1n) is 2.64. The van der Waals surface area contributed by atoms with Crippen molar-refractivity contribution in [3.8, 4) is 0 Å². The van der Waals surface area contributed by atoms with Crippen LogP contribution in [-0.4, -0.2) is 39.4 Å². The van der Waals surface area contributed by atoms with Gasteiger partial charge in [-0.15, -0.1) is 0 Å². The first-order valence-corrected chi connectivity index (χ1v) is 4.27. The lowest BCUT2D eigenvalue weighted by molar-refractivity contribution is -0.130. The largest absolute Gasteiger partial charge is 0.475 e. The van der Waals surface area contributed by atoms with Crippen LogP contribution in [0.15, 0.2) is 0 Å². The molecular formula is C5H8N2O2S2. The lowest BCUT2D eigenvalue weighted by atomic mass is 10.5. The van der Waals surface area contributed by atoms with Crippen molar-refractivity contribution in [1.82, 2.24) is 4.90 Å². The Kier molecular flexibility index (Phi) is 4.06. The van der Waals surface area contributed by atoms with E-state index in [1.807, 2.05) is 0 Å². The highest BCUT2D eigenvalue weighted by Gasteiger charge is 2.14. The monoisotopic (exact) mass is 192 g/mol. The van der Waals surface area contributed by atoms with Gasteiger partial charge >= 0.3 is 5.97 Å². The van der Waals surface area contributed by atoms with E-state index in [2.05, 4.69) is 0 Å². The fourth-order valence-electron chi connectivity index (χ4n) is 0.372. The number of hydrogen-bond acceptors (Lipinski definition) is 4. The van der Waals surface area contributed by atoms with E-state index in [1.54, 1.807) is 6.26 Å². The smallest absolute Gasteiger partial charge is 0.371 e. The molecule has 6 heteroatoms. The first kappa shape index (κ1) is 10.4. The number of thiocarbonyl (C=S) groups is 1. The van der Waals surface area contributed by atoms with Gasteiger partial charge in [0.2, 0.25) is 5.84 Å². The average molecular weight is 192 g/mol. The van der Waals surface area contributed by atoms with Crippen molar-refractivity contribution < 1.29 is 9.90 Å². The fraction of sp³-hybridized carbons (Fsp3) is 0.400. The number of nitrogens with zero attached hydrogens (tertiary/aromatic N) is 1. The Labute approximate surface area is 74.1 Å². The van der Waals surface area contributed by atoms with E-state index in [0.29, 0.717) is 4.32 Å². The predicted octanol–water partition coefficient (Wildman–Crippen LogP) is 0.628. The molecule has 4 nitrogen and oxygen atoms in total. The second-order valence-electron chi connectivity index (χ2n) is 1.68. The third-order valence-electron chi connectivity index (χ3n) is 0.986. The van der Waals surface area contributed by atoms with Gasteiger partial charge in [-0.05, 0) is 6.26 Å². The van der Waals surface area contributed by atoms with Crippen LogP contribution >= 0.6 is 24.0 Å². The fourth-order valence-corrected chi connectivity index (χ4v) is 0.828. The normalized spacial score (nSPS) is 8.91. The average Bonchev–Trinajstić information content (AvgIpc) is 2.00.